The Labute approximate surface area is 78.6 Å². The summed E-state index contributed by atoms with van der Waals surface area (Å²) in [5, 5.41) is 0. The van der Waals surface area contributed by atoms with Crippen LogP contribution in [0.2, 0.25) is 19.6 Å². The van der Waals surface area contributed by atoms with Gasteiger partial charge in [0.1, 0.15) is 0 Å². The molecule has 0 rings (SSSR count). The van der Waals surface area contributed by atoms with E-state index in [0.29, 0.717) is 11.5 Å². The van der Waals surface area contributed by atoms with Crippen molar-refractivity contribution in [1.82, 2.24) is 0 Å². The third kappa shape index (κ3) is 8.28. The summed E-state index contributed by atoms with van der Waals surface area (Å²) in [5.41, 5.74) is 0.388. The third-order valence-electron chi connectivity index (χ3n) is 1.45. The van der Waals surface area contributed by atoms with Gasteiger partial charge in [-0.15, -0.1) is 0 Å². The first kappa shape index (κ1) is 12.2. The fraction of sp³-hybridized carbons (Fsp3) is 1.00. The maximum Gasteiger partial charge on any atom is 0.184 e. The van der Waals surface area contributed by atoms with Crippen LogP contribution in [0.15, 0.2) is 0 Å². The second-order valence-electron chi connectivity index (χ2n) is 5.81. The maximum atomic E-state index is 5.95. The van der Waals surface area contributed by atoms with Crippen molar-refractivity contribution in [2.24, 2.45) is 5.41 Å². The molecule has 2 heteroatoms. The van der Waals surface area contributed by atoms with E-state index in [4.69, 9.17) is 4.43 Å². The monoisotopic (exact) mass is 188 g/mol. The summed E-state index contributed by atoms with van der Waals surface area (Å²) >= 11 is 0. The van der Waals surface area contributed by atoms with Crippen LogP contribution in [0.4, 0.5) is 0 Å². The van der Waals surface area contributed by atoms with Gasteiger partial charge in [-0.2, -0.15) is 0 Å². The summed E-state index contributed by atoms with van der Waals surface area (Å²) in [6.07, 6.45) is 1.56. The summed E-state index contributed by atoms with van der Waals surface area (Å²) in [5.74, 6) is 0. The predicted octanol–water partition coefficient (Wildman–Crippen LogP) is 3.66. The lowest BCUT2D eigenvalue weighted by Crippen LogP contribution is -2.32. The Morgan fingerprint density at radius 1 is 1.17 bits per heavy atom. The first-order chi connectivity index (χ1) is 5.10. The van der Waals surface area contributed by atoms with E-state index in [1.165, 1.54) is 0 Å². The molecule has 0 spiro atoms. The van der Waals surface area contributed by atoms with Gasteiger partial charge in [0.15, 0.2) is 8.32 Å². The van der Waals surface area contributed by atoms with Crippen molar-refractivity contribution in [2.45, 2.75) is 59.9 Å². The van der Waals surface area contributed by atoms with Gasteiger partial charge in [-0.25, -0.2) is 0 Å². The van der Waals surface area contributed by atoms with Gasteiger partial charge in [-0.3, -0.25) is 0 Å². The molecular weight excluding hydrogens is 164 g/mol. The molecular formula is C10H24OSi. The molecule has 1 nitrogen and oxygen atoms in total. The van der Waals surface area contributed by atoms with Crippen LogP contribution in [-0.2, 0) is 4.43 Å². The molecule has 0 N–H and O–H groups in total. The largest absolute Gasteiger partial charge is 0.415 e. The molecule has 0 amide bonds. The van der Waals surface area contributed by atoms with Crippen LogP contribution in [0.5, 0.6) is 0 Å². The molecule has 0 aromatic heterocycles. The highest BCUT2D eigenvalue weighted by Crippen LogP contribution is 2.23. The molecule has 0 aliphatic heterocycles. The summed E-state index contributed by atoms with van der Waals surface area (Å²) in [6.45, 7) is 15.7. The fourth-order valence-corrected chi connectivity index (χ4v) is 2.80. The van der Waals surface area contributed by atoms with Crippen LogP contribution in [0.3, 0.4) is 0 Å². The third-order valence-corrected chi connectivity index (χ3v) is 2.56. The Bertz CT molecular complexity index is 114. The highest BCUT2D eigenvalue weighted by Gasteiger charge is 2.22. The predicted molar refractivity (Wildman–Crippen MR) is 58.0 cm³/mol. The Kier molecular flexibility index (Phi) is 3.98. The smallest absolute Gasteiger partial charge is 0.184 e. The highest BCUT2D eigenvalue weighted by molar-refractivity contribution is 6.69. The average molecular weight is 188 g/mol. The van der Waals surface area contributed by atoms with Crippen molar-refractivity contribution in [1.29, 1.82) is 0 Å². The van der Waals surface area contributed by atoms with Crippen molar-refractivity contribution < 1.29 is 4.43 Å². The molecule has 1 unspecified atom stereocenters. The molecule has 0 saturated carbocycles. The van der Waals surface area contributed by atoms with Crippen LogP contribution >= 0.6 is 0 Å². The lowest BCUT2D eigenvalue weighted by atomic mass is 9.90. The van der Waals surface area contributed by atoms with Crippen molar-refractivity contribution in [3.8, 4) is 0 Å². The van der Waals surface area contributed by atoms with Crippen molar-refractivity contribution >= 4 is 8.32 Å². The average Bonchev–Trinajstić information content (AvgIpc) is 1.49. The second-order valence-corrected chi connectivity index (χ2v) is 10.3. The lowest BCUT2D eigenvalue weighted by molar-refractivity contribution is 0.154. The summed E-state index contributed by atoms with van der Waals surface area (Å²) in [7, 11) is -1.32. The highest BCUT2D eigenvalue weighted by atomic mass is 28.4. The van der Waals surface area contributed by atoms with Gasteiger partial charge >= 0.3 is 0 Å². The summed E-state index contributed by atoms with van der Waals surface area (Å²) < 4.78 is 5.95. The van der Waals surface area contributed by atoms with Gasteiger partial charge < -0.3 is 4.43 Å². The van der Waals surface area contributed by atoms with E-state index in [2.05, 4.69) is 47.3 Å². The van der Waals surface area contributed by atoms with E-state index in [1.807, 2.05) is 0 Å². The molecule has 0 aliphatic rings. The van der Waals surface area contributed by atoms with Gasteiger partial charge in [0.05, 0.1) is 0 Å². The minimum atomic E-state index is -1.32. The van der Waals surface area contributed by atoms with Crippen molar-refractivity contribution in [2.75, 3.05) is 0 Å². The topological polar surface area (TPSA) is 9.23 Å². The number of hydrogen-bond acceptors (Lipinski definition) is 1. The van der Waals surface area contributed by atoms with Crippen LogP contribution in [-0.4, -0.2) is 14.4 Å². The molecule has 0 aromatic rings. The number of hydrogen-bond donors (Lipinski definition) is 0. The second kappa shape index (κ2) is 3.92. The zero-order valence-corrected chi connectivity index (χ0v) is 10.7. The Balaban J connectivity index is 3.83. The van der Waals surface area contributed by atoms with Crippen LogP contribution in [0.1, 0.15) is 34.1 Å². The minimum Gasteiger partial charge on any atom is -0.415 e. The quantitative estimate of drug-likeness (QED) is 0.614. The SMILES string of the molecule is CC(CC(C)(C)C)O[Si](C)(C)C. The molecule has 1 atom stereocenters. The van der Waals surface area contributed by atoms with Crippen LogP contribution < -0.4 is 0 Å². The summed E-state index contributed by atoms with van der Waals surface area (Å²) in [4.78, 5) is 0. The molecule has 0 saturated heterocycles. The van der Waals surface area contributed by atoms with Gasteiger partial charge in [0.25, 0.3) is 0 Å². The lowest BCUT2D eigenvalue weighted by Gasteiger charge is -2.28. The van der Waals surface area contributed by atoms with Crippen molar-refractivity contribution in [3.05, 3.63) is 0 Å². The van der Waals surface area contributed by atoms with Gasteiger partial charge in [-0.1, -0.05) is 20.8 Å². The molecule has 0 aromatic carbocycles. The van der Waals surface area contributed by atoms with Crippen molar-refractivity contribution in [3.63, 3.8) is 0 Å². The van der Waals surface area contributed by atoms with Gasteiger partial charge in [-0.05, 0) is 38.4 Å². The molecule has 74 valence electrons. The Morgan fingerprint density at radius 2 is 1.58 bits per heavy atom. The van der Waals surface area contributed by atoms with E-state index in [0.717, 1.165) is 6.42 Å². The zero-order chi connectivity index (χ0) is 9.99. The van der Waals surface area contributed by atoms with E-state index >= 15 is 0 Å². The molecule has 12 heavy (non-hydrogen) atoms. The molecule has 0 heterocycles. The standard InChI is InChI=1S/C10H24OSi/c1-9(8-10(2,3)4)11-12(5,6)7/h9H,8H2,1-7H3. The van der Waals surface area contributed by atoms with Crippen LogP contribution in [0, 0.1) is 5.41 Å². The van der Waals surface area contributed by atoms with E-state index in [1.54, 1.807) is 0 Å². The molecule has 0 radical (unpaired) electrons. The Morgan fingerprint density at radius 3 is 1.83 bits per heavy atom. The van der Waals surface area contributed by atoms with Crippen LogP contribution in [0.25, 0.3) is 0 Å². The zero-order valence-electron chi connectivity index (χ0n) is 9.69. The normalized spacial score (nSPS) is 16.2. The van der Waals surface area contributed by atoms with Gasteiger partial charge in [0, 0.05) is 6.10 Å². The van der Waals surface area contributed by atoms with E-state index in [-0.39, 0.29) is 0 Å². The van der Waals surface area contributed by atoms with Gasteiger partial charge in [0.2, 0.25) is 0 Å². The minimum absolute atomic E-state index is 0.388. The Hall–Kier alpha value is 0.177. The molecule has 0 aliphatic carbocycles. The van der Waals surface area contributed by atoms with E-state index in [9.17, 15) is 0 Å². The fourth-order valence-electron chi connectivity index (χ4n) is 1.51. The first-order valence-electron chi connectivity index (χ1n) is 4.78. The number of rotatable bonds is 3. The maximum absolute atomic E-state index is 5.95. The first-order valence-corrected chi connectivity index (χ1v) is 8.19. The molecule has 0 fully saturated rings. The van der Waals surface area contributed by atoms with E-state index < -0.39 is 8.32 Å². The summed E-state index contributed by atoms with van der Waals surface area (Å²) in [6, 6.07) is 0. The molecule has 0 bridgehead atoms.